The Kier molecular flexibility index (Phi) is 22.9. The van der Waals surface area contributed by atoms with Crippen LogP contribution in [-0.2, 0) is 51.2 Å². The van der Waals surface area contributed by atoms with Gasteiger partial charge in [0.25, 0.3) is 0 Å². The third-order valence-electron chi connectivity index (χ3n) is 11.1. The van der Waals surface area contributed by atoms with Crippen LogP contribution in [0.4, 0.5) is 0 Å². The predicted molar refractivity (Wildman–Crippen MR) is 248 cm³/mol. The number of nitrogens with one attached hydrogen (secondary N) is 8. The normalized spacial score (nSPS) is 14.7. The van der Waals surface area contributed by atoms with Gasteiger partial charge in [-0.1, -0.05) is 44.9 Å². The molecule has 0 unspecified atom stereocenters. The van der Waals surface area contributed by atoms with Crippen LogP contribution in [0.15, 0.2) is 48.0 Å². The molecule has 0 bridgehead atoms. The number of benzene rings is 1. The smallest absolute Gasteiger partial charge is 0.328 e. The molecule has 19 N–H and O–H groups in total. The van der Waals surface area contributed by atoms with Crippen LogP contribution in [0.2, 0.25) is 0 Å². The van der Waals surface area contributed by atoms with Crippen molar-refractivity contribution in [1.29, 1.82) is 0 Å². The SMILES string of the molecule is CC[C@H](C)[C@H](NC(=O)[C@H](CCCN=C(N)N)NC(=O)[C@H](CCC(=O)O)NC(=O)[C@H](Cc1cnc[nH]1)NC(=O)[C@@H](N)CCCCN)C(=O)N[C@@H](Cc1c[nH]c2ccccc12)C(=O)N[C@@H](CO)C(=O)O. The van der Waals surface area contributed by atoms with Gasteiger partial charge in [-0.25, -0.2) is 9.78 Å². The summed E-state index contributed by atoms with van der Waals surface area (Å²) < 4.78 is 0. The number of nitrogens with zero attached hydrogens (tertiary/aromatic N) is 2. The molecule has 6 amide bonds. The van der Waals surface area contributed by atoms with E-state index in [0.717, 1.165) is 10.9 Å². The van der Waals surface area contributed by atoms with Crippen molar-refractivity contribution in [3.8, 4) is 0 Å². The number of aliphatic hydroxyl groups excluding tert-OH is 1. The lowest BCUT2D eigenvalue weighted by Gasteiger charge is -2.29. The monoisotopic (exact) mass is 955 g/mol. The predicted octanol–water partition coefficient (Wildman–Crippen LogP) is -2.92. The van der Waals surface area contributed by atoms with Crippen LogP contribution in [0.3, 0.4) is 0 Å². The van der Waals surface area contributed by atoms with Crippen molar-refractivity contribution in [2.24, 2.45) is 33.8 Å². The fourth-order valence-corrected chi connectivity index (χ4v) is 7.00. The maximum Gasteiger partial charge on any atom is 0.328 e. The van der Waals surface area contributed by atoms with Crippen molar-refractivity contribution in [1.82, 2.24) is 46.9 Å². The molecule has 1 aromatic carbocycles. The van der Waals surface area contributed by atoms with Gasteiger partial charge < -0.3 is 80.1 Å². The van der Waals surface area contributed by atoms with Crippen molar-refractivity contribution in [2.45, 2.75) is 120 Å². The minimum atomic E-state index is -1.70. The van der Waals surface area contributed by atoms with Gasteiger partial charge in [0.1, 0.15) is 36.3 Å². The average Bonchev–Trinajstić information content (AvgIpc) is 3.98. The van der Waals surface area contributed by atoms with Gasteiger partial charge >= 0.3 is 11.9 Å². The molecule has 0 spiro atoms. The highest BCUT2D eigenvalue weighted by molar-refractivity contribution is 5.97. The maximum atomic E-state index is 14.3. The van der Waals surface area contributed by atoms with Crippen molar-refractivity contribution < 1.29 is 53.7 Å². The molecule has 374 valence electrons. The Hall–Kier alpha value is -7.12. The fourth-order valence-electron chi connectivity index (χ4n) is 7.00. The van der Waals surface area contributed by atoms with E-state index in [0.29, 0.717) is 37.1 Å². The zero-order valence-electron chi connectivity index (χ0n) is 38.2. The van der Waals surface area contributed by atoms with Crippen LogP contribution in [0, 0.1) is 5.92 Å². The number of aliphatic hydroxyl groups is 1. The van der Waals surface area contributed by atoms with Gasteiger partial charge in [-0.15, -0.1) is 0 Å². The zero-order chi connectivity index (χ0) is 50.3. The molecule has 2 heterocycles. The molecule has 0 saturated heterocycles. The summed E-state index contributed by atoms with van der Waals surface area (Å²) in [6.45, 7) is 2.86. The standard InChI is InChI=1S/C43H66N14O11/c1-3-23(2)35(41(66)55-31(39(64)56-33(21-58)42(67)68)17-24-19-50-28-11-5-4-9-26(24)28)57-38(63)29(12-8-16-49-43(46)47)52-37(62)30(13-14-34(59)60)53-40(65)32(18-25-20-48-22-51-25)54-36(61)27(45)10-6-7-15-44/h4-5,9,11,19-20,22-23,27,29-33,35,50,58H,3,6-8,10,12-18,21,44-45H2,1-2H3,(H,48,51)(H,52,62)(H,53,65)(H,54,61)(H,55,66)(H,56,64)(H,57,63)(H,59,60)(H,67,68)(H4,46,47,49)/t23-,27-,29-,30-,31-,32-,33-,35-/m0/s1. The number of aromatic nitrogens is 3. The number of hydrogen-bond donors (Lipinski definition) is 15. The molecular formula is C43H66N14O11. The number of hydrogen-bond acceptors (Lipinski definition) is 13. The second-order valence-electron chi connectivity index (χ2n) is 16.3. The number of fused-ring (bicyclic) bond motifs is 1. The fraction of sp³-hybridized carbons (Fsp3) is 0.535. The van der Waals surface area contributed by atoms with E-state index in [4.69, 9.17) is 22.9 Å². The molecule has 3 aromatic rings. The van der Waals surface area contributed by atoms with E-state index >= 15 is 0 Å². The number of imidazole rings is 1. The minimum Gasteiger partial charge on any atom is -0.481 e. The molecule has 2 aromatic heterocycles. The first-order chi connectivity index (χ1) is 32.4. The summed E-state index contributed by atoms with van der Waals surface area (Å²) in [5.74, 6) is -8.85. The van der Waals surface area contributed by atoms with E-state index in [1.165, 1.54) is 12.5 Å². The van der Waals surface area contributed by atoms with Crippen LogP contribution in [-0.4, -0.2) is 146 Å². The largest absolute Gasteiger partial charge is 0.481 e. The molecule has 0 fully saturated rings. The summed E-state index contributed by atoms with van der Waals surface area (Å²) in [5.41, 5.74) is 24.4. The number of carboxylic acids is 2. The van der Waals surface area contributed by atoms with Crippen molar-refractivity contribution >= 4 is 64.2 Å². The third-order valence-corrected chi connectivity index (χ3v) is 11.1. The summed E-state index contributed by atoms with van der Waals surface area (Å²) in [4.78, 5) is 121. The Labute approximate surface area is 392 Å². The molecule has 0 aliphatic rings. The van der Waals surface area contributed by atoms with E-state index in [2.05, 4.69) is 51.8 Å². The molecule has 0 radical (unpaired) electrons. The second kappa shape index (κ2) is 28.1. The van der Waals surface area contributed by atoms with E-state index in [9.17, 15) is 53.7 Å². The highest BCUT2D eigenvalue weighted by atomic mass is 16.4. The molecule has 25 heteroatoms. The number of H-pyrrole nitrogens is 2. The number of carbonyl (C=O) groups excluding carboxylic acids is 6. The van der Waals surface area contributed by atoms with Crippen molar-refractivity contribution in [3.63, 3.8) is 0 Å². The van der Waals surface area contributed by atoms with E-state index in [1.807, 2.05) is 0 Å². The van der Waals surface area contributed by atoms with E-state index in [-0.39, 0.29) is 44.6 Å². The van der Waals surface area contributed by atoms with Crippen molar-refractivity contribution in [2.75, 3.05) is 19.7 Å². The van der Waals surface area contributed by atoms with Gasteiger partial charge in [-0.2, -0.15) is 0 Å². The molecule has 68 heavy (non-hydrogen) atoms. The number of guanidine groups is 1. The summed E-state index contributed by atoms with van der Waals surface area (Å²) >= 11 is 0. The molecule has 8 atom stereocenters. The summed E-state index contributed by atoms with van der Waals surface area (Å²) in [6, 6.07) is -2.66. The molecular weight excluding hydrogens is 889 g/mol. The summed E-state index contributed by atoms with van der Waals surface area (Å²) in [7, 11) is 0. The van der Waals surface area contributed by atoms with Crippen LogP contribution in [0.25, 0.3) is 10.9 Å². The quantitative estimate of drug-likeness (QED) is 0.0175. The molecule has 3 rings (SSSR count). The first-order valence-electron chi connectivity index (χ1n) is 22.3. The number of carbonyl (C=O) groups is 8. The highest BCUT2D eigenvalue weighted by Gasteiger charge is 2.35. The molecule has 0 saturated carbocycles. The third kappa shape index (κ3) is 17.9. The Balaban J connectivity index is 1.93. The van der Waals surface area contributed by atoms with Gasteiger partial charge in [0, 0.05) is 54.8 Å². The van der Waals surface area contributed by atoms with E-state index in [1.54, 1.807) is 44.3 Å². The lowest BCUT2D eigenvalue weighted by atomic mass is 9.96. The van der Waals surface area contributed by atoms with Crippen LogP contribution in [0.5, 0.6) is 0 Å². The second-order valence-corrected chi connectivity index (χ2v) is 16.3. The Morgan fingerprint density at radius 3 is 1.94 bits per heavy atom. The van der Waals surface area contributed by atoms with Crippen molar-refractivity contribution in [3.05, 3.63) is 54.2 Å². The van der Waals surface area contributed by atoms with Gasteiger partial charge in [-0.3, -0.25) is 38.6 Å². The number of carboxylic acid groups (broad SMARTS) is 2. The van der Waals surface area contributed by atoms with Crippen LogP contribution in [0.1, 0.15) is 76.5 Å². The lowest BCUT2D eigenvalue weighted by molar-refractivity contribution is -0.143. The number of para-hydroxylation sites is 1. The highest BCUT2D eigenvalue weighted by Crippen LogP contribution is 2.20. The minimum absolute atomic E-state index is 0.00951. The zero-order valence-corrected chi connectivity index (χ0v) is 38.2. The number of aromatic amines is 2. The molecule has 25 nitrogen and oxygen atoms in total. The summed E-state index contributed by atoms with van der Waals surface area (Å²) in [6.07, 6.45) is 4.84. The number of amides is 6. The number of aliphatic carboxylic acids is 2. The van der Waals surface area contributed by atoms with E-state index < -0.39 is 115 Å². The number of aliphatic imine (C=N–C) groups is 1. The number of nitrogens with two attached hydrogens (primary N) is 4. The number of rotatable bonds is 31. The van der Waals surface area contributed by atoms with Gasteiger partial charge in [0.05, 0.1) is 19.0 Å². The topological polar surface area (TPSA) is 430 Å². The van der Waals surface area contributed by atoms with Gasteiger partial charge in [-0.05, 0) is 56.2 Å². The average molecular weight is 955 g/mol. The Morgan fingerprint density at radius 1 is 0.735 bits per heavy atom. The number of unbranched alkanes of at least 4 members (excludes halogenated alkanes) is 1. The lowest BCUT2D eigenvalue weighted by Crippen LogP contribution is -2.61. The maximum absolute atomic E-state index is 14.3. The summed E-state index contributed by atoms with van der Waals surface area (Å²) in [5, 5.41) is 44.7. The van der Waals surface area contributed by atoms with Gasteiger partial charge in [0.15, 0.2) is 5.96 Å². The van der Waals surface area contributed by atoms with Crippen LogP contribution >= 0.6 is 0 Å². The first-order valence-corrected chi connectivity index (χ1v) is 22.3. The first kappa shape index (κ1) is 55.2. The Bertz CT molecular complexity index is 2180. The Morgan fingerprint density at radius 2 is 1.34 bits per heavy atom. The molecule has 0 aliphatic carbocycles. The molecule has 0 aliphatic heterocycles. The van der Waals surface area contributed by atoms with Crippen LogP contribution < -0.4 is 54.8 Å². The van der Waals surface area contributed by atoms with Gasteiger partial charge in [0.2, 0.25) is 35.4 Å².